The first-order valence-electron chi connectivity index (χ1n) is 5.33. The number of rotatable bonds is 4. The second-order valence-corrected chi connectivity index (χ2v) is 4.05. The predicted octanol–water partition coefficient (Wildman–Crippen LogP) is -0.255. The van der Waals surface area contributed by atoms with Crippen LogP contribution < -0.4 is 5.73 Å². The normalized spacial score (nSPS) is 22.6. The number of nitrogens with zero attached hydrogens (tertiary/aromatic N) is 2. The van der Waals surface area contributed by atoms with Crippen LogP contribution in [-0.2, 0) is 4.79 Å². The molecule has 1 aliphatic rings. The number of nitrogens with two attached hydrogens (primary N) is 1. The molecule has 4 nitrogen and oxygen atoms in total. The molecule has 1 atom stereocenters. The average molecular weight is 199 g/mol. The molecule has 0 aromatic carbocycles. The molecule has 1 saturated heterocycles. The van der Waals surface area contributed by atoms with E-state index in [1.807, 2.05) is 11.8 Å². The highest BCUT2D eigenvalue weighted by Crippen LogP contribution is 2.15. The third-order valence-corrected chi connectivity index (χ3v) is 2.88. The lowest BCUT2D eigenvalue weighted by Gasteiger charge is -2.23. The van der Waals surface area contributed by atoms with Gasteiger partial charge in [0.15, 0.2) is 0 Å². The van der Waals surface area contributed by atoms with Crippen molar-refractivity contribution in [3.63, 3.8) is 0 Å². The van der Waals surface area contributed by atoms with Gasteiger partial charge in [-0.05, 0) is 32.9 Å². The van der Waals surface area contributed by atoms with Crippen molar-refractivity contribution in [1.82, 2.24) is 9.80 Å². The second kappa shape index (κ2) is 5.32. The first-order chi connectivity index (χ1) is 6.67. The Morgan fingerprint density at radius 1 is 1.64 bits per heavy atom. The minimum Gasteiger partial charge on any atom is -0.342 e. The molecule has 82 valence electrons. The highest BCUT2D eigenvalue weighted by Gasteiger charge is 2.22. The van der Waals surface area contributed by atoms with Crippen molar-refractivity contribution in [2.24, 2.45) is 11.7 Å². The molecule has 0 bridgehead atoms. The molecule has 0 aromatic heterocycles. The first kappa shape index (κ1) is 11.5. The van der Waals surface area contributed by atoms with E-state index in [9.17, 15) is 4.79 Å². The Morgan fingerprint density at radius 3 is 2.79 bits per heavy atom. The van der Waals surface area contributed by atoms with E-state index < -0.39 is 0 Å². The van der Waals surface area contributed by atoms with Crippen LogP contribution in [0.5, 0.6) is 0 Å². The first-order valence-corrected chi connectivity index (χ1v) is 5.33. The van der Waals surface area contributed by atoms with Crippen LogP contribution in [0.2, 0.25) is 0 Å². The van der Waals surface area contributed by atoms with Crippen LogP contribution in [0.4, 0.5) is 0 Å². The number of likely N-dealkylation sites (N-methyl/N-ethyl adjacent to an activating group) is 1. The number of hydrogen-bond donors (Lipinski definition) is 1. The summed E-state index contributed by atoms with van der Waals surface area (Å²) >= 11 is 0. The third-order valence-electron chi connectivity index (χ3n) is 2.88. The summed E-state index contributed by atoms with van der Waals surface area (Å²) in [6.45, 7) is 6.04. The smallest absolute Gasteiger partial charge is 0.236 e. The summed E-state index contributed by atoms with van der Waals surface area (Å²) in [4.78, 5) is 15.6. The van der Waals surface area contributed by atoms with Crippen molar-refractivity contribution in [2.75, 3.05) is 39.8 Å². The van der Waals surface area contributed by atoms with Gasteiger partial charge in [0.1, 0.15) is 0 Å². The molecule has 14 heavy (non-hydrogen) atoms. The molecule has 1 heterocycles. The van der Waals surface area contributed by atoms with Crippen LogP contribution in [0.15, 0.2) is 0 Å². The summed E-state index contributed by atoms with van der Waals surface area (Å²) in [7, 11) is 2.13. The van der Waals surface area contributed by atoms with Gasteiger partial charge < -0.3 is 15.5 Å². The van der Waals surface area contributed by atoms with Crippen molar-refractivity contribution in [3.05, 3.63) is 0 Å². The van der Waals surface area contributed by atoms with E-state index in [2.05, 4.69) is 11.9 Å². The van der Waals surface area contributed by atoms with E-state index in [-0.39, 0.29) is 12.5 Å². The predicted molar refractivity (Wildman–Crippen MR) is 56.9 cm³/mol. The van der Waals surface area contributed by atoms with E-state index >= 15 is 0 Å². The Bertz CT molecular complexity index is 196. The zero-order valence-corrected chi connectivity index (χ0v) is 9.20. The summed E-state index contributed by atoms with van der Waals surface area (Å²) in [5, 5.41) is 0. The van der Waals surface area contributed by atoms with Gasteiger partial charge in [-0.3, -0.25) is 4.79 Å². The van der Waals surface area contributed by atoms with Gasteiger partial charge in [-0.2, -0.15) is 0 Å². The minimum absolute atomic E-state index is 0.0713. The Kier molecular flexibility index (Phi) is 4.35. The number of carbonyl (C=O) groups is 1. The summed E-state index contributed by atoms with van der Waals surface area (Å²) in [5.41, 5.74) is 5.35. The summed E-state index contributed by atoms with van der Waals surface area (Å²) < 4.78 is 0. The van der Waals surface area contributed by atoms with Gasteiger partial charge in [0.2, 0.25) is 5.91 Å². The largest absolute Gasteiger partial charge is 0.342 e. The maximum Gasteiger partial charge on any atom is 0.236 e. The fourth-order valence-electron chi connectivity index (χ4n) is 2.02. The molecule has 1 fully saturated rings. The van der Waals surface area contributed by atoms with E-state index in [0.29, 0.717) is 5.92 Å². The SMILES string of the molecule is CCN(C[C@@H]1CCN(C)C1)C(=O)CN. The third kappa shape index (κ3) is 2.96. The molecule has 0 spiro atoms. The Hall–Kier alpha value is -0.610. The highest BCUT2D eigenvalue weighted by atomic mass is 16.2. The topological polar surface area (TPSA) is 49.6 Å². The van der Waals surface area contributed by atoms with E-state index in [1.165, 1.54) is 6.42 Å². The van der Waals surface area contributed by atoms with E-state index in [0.717, 1.165) is 26.2 Å². The van der Waals surface area contributed by atoms with Crippen molar-refractivity contribution in [3.8, 4) is 0 Å². The standard InChI is InChI=1S/C10H21N3O/c1-3-13(10(14)6-11)8-9-4-5-12(2)7-9/h9H,3-8,11H2,1-2H3/t9-/m1/s1. The molecule has 0 unspecified atom stereocenters. The minimum atomic E-state index is 0.0713. The van der Waals surface area contributed by atoms with Gasteiger partial charge in [0, 0.05) is 19.6 Å². The molecule has 0 radical (unpaired) electrons. The van der Waals surface area contributed by atoms with Gasteiger partial charge in [0.25, 0.3) is 0 Å². The monoisotopic (exact) mass is 199 g/mol. The van der Waals surface area contributed by atoms with Gasteiger partial charge >= 0.3 is 0 Å². The number of likely N-dealkylation sites (tertiary alicyclic amines) is 1. The molecular formula is C10H21N3O. The van der Waals surface area contributed by atoms with Gasteiger partial charge in [-0.25, -0.2) is 0 Å². The maximum absolute atomic E-state index is 11.4. The van der Waals surface area contributed by atoms with Gasteiger partial charge in [0.05, 0.1) is 6.54 Å². The molecule has 0 aliphatic carbocycles. The second-order valence-electron chi connectivity index (χ2n) is 4.05. The van der Waals surface area contributed by atoms with E-state index in [1.54, 1.807) is 0 Å². The fraction of sp³-hybridized carbons (Fsp3) is 0.900. The lowest BCUT2D eigenvalue weighted by molar-refractivity contribution is -0.130. The molecular weight excluding hydrogens is 178 g/mol. The molecule has 1 rings (SSSR count). The Balaban J connectivity index is 2.36. The molecule has 1 amide bonds. The quantitative estimate of drug-likeness (QED) is 0.679. The zero-order chi connectivity index (χ0) is 10.6. The lowest BCUT2D eigenvalue weighted by Crippen LogP contribution is -2.39. The van der Waals surface area contributed by atoms with Gasteiger partial charge in [-0.15, -0.1) is 0 Å². The highest BCUT2D eigenvalue weighted by molar-refractivity contribution is 5.77. The van der Waals surface area contributed by atoms with Crippen LogP contribution in [0, 0.1) is 5.92 Å². The number of amides is 1. The molecule has 0 saturated carbocycles. The van der Waals surface area contributed by atoms with Gasteiger partial charge in [-0.1, -0.05) is 0 Å². The Labute approximate surface area is 86.0 Å². The molecule has 1 aliphatic heterocycles. The fourth-order valence-corrected chi connectivity index (χ4v) is 2.02. The van der Waals surface area contributed by atoms with Crippen molar-refractivity contribution in [1.29, 1.82) is 0 Å². The van der Waals surface area contributed by atoms with Crippen molar-refractivity contribution < 1.29 is 4.79 Å². The maximum atomic E-state index is 11.4. The Morgan fingerprint density at radius 2 is 2.36 bits per heavy atom. The van der Waals surface area contributed by atoms with E-state index in [4.69, 9.17) is 5.73 Å². The van der Waals surface area contributed by atoms with Crippen molar-refractivity contribution in [2.45, 2.75) is 13.3 Å². The van der Waals surface area contributed by atoms with Crippen LogP contribution in [-0.4, -0.2) is 55.5 Å². The van der Waals surface area contributed by atoms with Crippen LogP contribution in [0.3, 0.4) is 0 Å². The molecule has 4 heteroatoms. The van der Waals surface area contributed by atoms with Crippen LogP contribution >= 0.6 is 0 Å². The average Bonchev–Trinajstić information content (AvgIpc) is 2.59. The zero-order valence-electron chi connectivity index (χ0n) is 9.20. The summed E-state index contributed by atoms with van der Waals surface area (Å²) in [6.07, 6.45) is 1.20. The van der Waals surface area contributed by atoms with Crippen molar-refractivity contribution >= 4 is 5.91 Å². The number of hydrogen-bond acceptors (Lipinski definition) is 3. The molecule has 0 aromatic rings. The van der Waals surface area contributed by atoms with Crippen LogP contribution in [0.1, 0.15) is 13.3 Å². The molecule has 2 N–H and O–H groups in total. The number of carbonyl (C=O) groups excluding carboxylic acids is 1. The summed E-state index contributed by atoms with van der Waals surface area (Å²) in [5.74, 6) is 0.706. The van der Waals surface area contributed by atoms with Crippen LogP contribution in [0.25, 0.3) is 0 Å². The summed E-state index contributed by atoms with van der Waals surface area (Å²) in [6, 6.07) is 0. The lowest BCUT2D eigenvalue weighted by atomic mass is 10.1.